The first-order chi connectivity index (χ1) is 16.0. The molecule has 5 rings (SSSR count). The molecular weight excluding hydrogens is 463 g/mol. The number of ketones is 1. The van der Waals surface area contributed by atoms with Gasteiger partial charge in [-0.05, 0) is 49.7 Å². The third-order valence-corrected chi connectivity index (χ3v) is 7.40. The second-order valence-corrected chi connectivity index (χ2v) is 9.59. The minimum Gasteiger partial charge on any atom is -0.454 e. The highest BCUT2D eigenvalue weighted by Crippen LogP contribution is 2.37. The molecule has 2 aromatic carbocycles. The molecule has 2 aromatic heterocycles. The zero-order valence-corrected chi connectivity index (χ0v) is 19.5. The number of halogens is 1. The highest BCUT2D eigenvalue weighted by Gasteiger charge is 2.21. The van der Waals surface area contributed by atoms with Gasteiger partial charge in [-0.2, -0.15) is 0 Å². The van der Waals surface area contributed by atoms with E-state index >= 15 is 0 Å². The van der Waals surface area contributed by atoms with E-state index in [-0.39, 0.29) is 29.7 Å². The summed E-state index contributed by atoms with van der Waals surface area (Å²) in [5, 5.41) is 1.02. The zero-order valence-electron chi connectivity index (χ0n) is 17.9. The van der Waals surface area contributed by atoms with Gasteiger partial charge in [0.25, 0.3) is 5.56 Å². The number of hydrogen-bond acceptors (Lipinski definition) is 7. The Bertz CT molecular complexity index is 1440. The number of thioether (sulfide) groups is 1. The Hall–Kier alpha value is -3.17. The van der Waals surface area contributed by atoms with Crippen LogP contribution >= 0.6 is 23.1 Å². The largest absolute Gasteiger partial charge is 0.454 e. The van der Waals surface area contributed by atoms with Crippen LogP contribution < -0.4 is 15.0 Å². The first kappa shape index (κ1) is 21.7. The number of hydrogen-bond donors (Lipinski definition) is 0. The second-order valence-electron chi connectivity index (χ2n) is 7.44. The van der Waals surface area contributed by atoms with Crippen LogP contribution in [0.1, 0.15) is 22.2 Å². The van der Waals surface area contributed by atoms with Crippen molar-refractivity contribution in [3.8, 4) is 22.6 Å². The molecule has 0 unspecified atom stereocenters. The van der Waals surface area contributed by atoms with Crippen molar-refractivity contribution in [2.75, 3.05) is 12.5 Å². The van der Waals surface area contributed by atoms with Crippen molar-refractivity contribution in [2.45, 2.75) is 25.5 Å². The summed E-state index contributed by atoms with van der Waals surface area (Å²) in [5.74, 6) is 0.886. The molecule has 0 spiro atoms. The summed E-state index contributed by atoms with van der Waals surface area (Å²) in [5.41, 5.74) is 1.91. The lowest BCUT2D eigenvalue weighted by molar-refractivity contribution is 0.102. The lowest BCUT2D eigenvalue weighted by Crippen LogP contribution is -2.22. The molecule has 1 aliphatic rings. The highest BCUT2D eigenvalue weighted by molar-refractivity contribution is 7.99. The molecule has 1 aliphatic heterocycles. The molecule has 0 bridgehead atoms. The number of fused-ring (bicyclic) bond motifs is 2. The molecule has 4 aromatic rings. The van der Waals surface area contributed by atoms with Gasteiger partial charge < -0.3 is 9.47 Å². The van der Waals surface area contributed by atoms with E-state index in [4.69, 9.17) is 14.5 Å². The van der Waals surface area contributed by atoms with E-state index in [1.165, 1.54) is 35.2 Å². The summed E-state index contributed by atoms with van der Waals surface area (Å²) in [7, 11) is 0. The van der Waals surface area contributed by atoms with E-state index in [0.717, 1.165) is 16.0 Å². The zero-order chi connectivity index (χ0) is 23.1. The second kappa shape index (κ2) is 8.64. The maximum atomic E-state index is 13.4. The van der Waals surface area contributed by atoms with Gasteiger partial charge in [0, 0.05) is 22.5 Å². The van der Waals surface area contributed by atoms with E-state index in [2.05, 4.69) is 0 Å². The Labute approximate surface area is 197 Å². The number of benzene rings is 2. The number of ether oxygens (including phenoxy) is 2. The van der Waals surface area contributed by atoms with Crippen LogP contribution in [0.3, 0.4) is 0 Å². The molecule has 0 saturated carbocycles. The fourth-order valence-corrected chi connectivity index (χ4v) is 5.86. The Kier molecular flexibility index (Phi) is 5.67. The van der Waals surface area contributed by atoms with Gasteiger partial charge in [-0.3, -0.25) is 14.2 Å². The van der Waals surface area contributed by atoms with Crippen molar-refractivity contribution in [2.24, 2.45) is 0 Å². The van der Waals surface area contributed by atoms with Gasteiger partial charge >= 0.3 is 0 Å². The predicted octanol–water partition coefficient (Wildman–Crippen LogP) is 5.30. The van der Waals surface area contributed by atoms with Crippen LogP contribution in [0.4, 0.5) is 4.39 Å². The molecule has 33 heavy (non-hydrogen) atoms. The van der Waals surface area contributed by atoms with E-state index in [1.807, 2.05) is 13.8 Å². The number of carbonyl (C=O) groups excluding carboxylic acids is 1. The van der Waals surface area contributed by atoms with Crippen LogP contribution in [0.2, 0.25) is 0 Å². The van der Waals surface area contributed by atoms with Gasteiger partial charge in [-0.15, -0.1) is 11.3 Å². The summed E-state index contributed by atoms with van der Waals surface area (Å²) in [6, 6.07) is 11.2. The van der Waals surface area contributed by atoms with Gasteiger partial charge in [0.05, 0.1) is 11.1 Å². The van der Waals surface area contributed by atoms with Crippen molar-refractivity contribution in [3.63, 3.8) is 0 Å². The number of carbonyl (C=O) groups is 1. The molecular formula is C24H19FN2O4S2. The number of nitrogens with zero attached hydrogens (tertiary/aromatic N) is 2. The molecule has 0 amide bonds. The molecule has 0 aliphatic carbocycles. The van der Waals surface area contributed by atoms with Gasteiger partial charge in [0.15, 0.2) is 22.4 Å². The van der Waals surface area contributed by atoms with Gasteiger partial charge in [0.1, 0.15) is 10.6 Å². The van der Waals surface area contributed by atoms with Crippen molar-refractivity contribution in [1.82, 2.24) is 9.55 Å². The minimum atomic E-state index is -0.328. The first-order valence-electron chi connectivity index (χ1n) is 10.3. The number of aryl methyl sites for hydroxylation is 1. The Balaban J connectivity index is 1.48. The minimum absolute atomic E-state index is 0.0929. The molecule has 3 heterocycles. The van der Waals surface area contributed by atoms with Crippen LogP contribution in [0.5, 0.6) is 11.5 Å². The number of rotatable bonds is 6. The van der Waals surface area contributed by atoms with Gasteiger partial charge in [-0.1, -0.05) is 23.9 Å². The van der Waals surface area contributed by atoms with Crippen LogP contribution in [-0.2, 0) is 6.54 Å². The third kappa shape index (κ3) is 3.91. The number of aromatic nitrogens is 2. The summed E-state index contributed by atoms with van der Waals surface area (Å²) < 4.78 is 25.6. The van der Waals surface area contributed by atoms with Crippen LogP contribution in [-0.4, -0.2) is 27.9 Å². The fourth-order valence-electron chi connectivity index (χ4n) is 3.81. The molecule has 9 heteroatoms. The molecule has 0 N–H and O–H groups in total. The summed E-state index contributed by atoms with van der Waals surface area (Å²) in [6.07, 6.45) is 0. The number of thiophene rings is 1. The maximum absolute atomic E-state index is 13.4. The van der Waals surface area contributed by atoms with Gasteiger partial charge in [-0.25, -0.2) is 9.37 Å². The van der Waals surface area contributed by atoms with Crippen LogP contribution in [0.15, 0.2) is 52.4 Å². The molecule has 0 radical (unpaired) electrons. The van der Waals surface area contributed by atoms with E-state index in [0.29, 0.717) is 39.0 Å². The molecule has 6 nitrogen and oxygen atoms in total. The molecule has 0 fully saturated rings. The predicted molar refractivity (Wildman–Crippen MR) is 127 cm³/mol. The quantitative estimate of drug-likeness (QED) is 0.211. The fraction of sp³-hybridized carbons (Fsp3) is 0.208. The average Bonchev–Trinajstić information content (AvgIpc) is 3.41. The SMILES string of the molecule is CCn1c(SCC(=O)c2ccc3c(c2)OCO3)nc2sc(C)c(-c3ccc(F)cc3)c2c1=O. The standard InChI is InChI=1S/C24H19FN2O4S2/c1-3-27-23(29)21-20(14-4-7-16(25)8-5-14)13(2)33-22(21)26-24(27)32-11-17(28)15-6-9-18-19(10-15)31-12-30-18/h4-10H,3,11-12H2,1-2H3. The molecule has 168 valence electrons. The number of Topliss-reactive ketones (excluding diaryl/α,β-unsaturated/α-hetero) is 1. The topological polar surface area (TPSA) is 70.4 Å². The summed E-state index contributed by atoms with van der Waals surface area (Å²) in [4.78, 5) is 32.5. The van der Waals surface area contributed by atoms with Crippen molar-refractivity contribution < 1.29 is 18.7 Å². The van der Waals surface area contributed by atoms with Crippen LogP contribution in [0, 0.1) is 12.7 Å². The molecule has 0 atom stereocenters. The van der Waals surface area contributed by atoms with Crippen LogP contribution in [0.25, 0.3) is 21.3 Å². The third-order valence-electron chi connectivity index (χ3n) is 5.43. The Morgan fingerprint density at radius 2 is 1.94 bits per heavy atom. The van der Waals surface area contributed by atoms with Crippen molar-refractivity contribution in [3.05, 3.63) is 69.1 Å². The lowest BCUT2D eigenvalue weighted by Gasteiger charge is -2.10. The summed E-state index contributed by atoms with van der Waals surface area (Å²) >= 11 is 2.66. The average molecular weight is 483 g/mol. The normalized spacial score (nSPS) is 12.5. The van der Waals surface area contributed by atoms with Gasteiger partial charge in [0.2, 0.25) is 6.79 Å². The van der Waals surface area contributed by atoms with Crippen molar-refractivity contribution in [1.29, 1.82) is 0 Å². The smallest absolute Gasteiger partial charge is 0.263 e. The summed E-state index contributed by atoms with van der Waals surface area (Å²) in [6.45, 7) is 4.36. The van der Waals surface area contributed by atoms with E-state index < -0.39 is 0 Å². The maximum Gasteiger partial charge on any atom is 0.263 e. The lowest BCUT2D eigenvalue weighted by atomic mass is 10.0. The monoisotopic (exact) mass is 482 g/mol. The Morgan fingerprint density at radius 3 is 2.70 bits per heavy atom. The van der Waals surface area contributed by atoms with E-state index in [9.17, 15) is 14.0 Å². The first-order valence-corrected chi connectivity index (χ1v) is 12.1. The Morgan fingerprint density at radius 1 is 1.18 bits per heavy atom. The van der Waals surface area contributed by atoms with E-state index in [1.54, 1.807) is 34.9 Å². The van der Waals surface area contributed by atoms with Crippen molar-refractivity contribution >= 4 is 39.1 Å². The molecule has 0 saturated heterocycles. The highest BCUT2D eigenvalue weighted by atomic mass is 32.2.